The van der Waals surface area contributed by atoms with Crippen molar-refractivity contribution in [3.63, 3.8) is 0 Å². The molecular formula is C38H45NO8S. The number of benzene rings is 2. The summed E-state index contributed by atoms with van der Waals surface area (Å²) in [5.74, 6) is -1.70. The van der Waals surface area contributed by atoms with E-state index < -0.39 is 22.0 Å². The van der Waals surface area contributed by atoms with Gasteiger partial charge in [0.1, 0.15) is 4.90 Å². The first-order valence-electron chi connectivity index (χ1n) is 16.4. The van der Waals surface area contributed by atoms with Crippen molar-refractivity contribution >= 4 is 27.7 Å². The van der Waals surface area contributed by atoms with Crippen LogP contribution < -0.4 is 8.92 Å². The molecule has 2 aromatic rings. The quantitative estimate of drug-likeness (QED) is 0.197. The fourth-order valence-corrected chi connectivity index (χ4v) is 8.21. The molecule has 0 bridgehead atoms. The van der Waals surface area contributed by atoms with E-state index in [2.05, 4.69) is 6.58 Å². The van der Waals surface area contributed by atoms with E-state index in [0.29, 0.717) is 35.1 Å². The molecule has 1 aliphatic heterocycles. The molecule has 1 heterocycles. The molecule has 10 heteroatoms. The normalized spacial score (nSPS) is 19.2. The topological polar surface area (TPSA) is 127 Å². The van der Waals surface area contributed by atoms with E-state index in [1.165, 1.54) is 12.1 Å². The molecule has 0 amide bonds. The van der Waals surface area contributed by atoms with Crippen LogP contribution in [0.15, 0.2) is 76.5 Å². The summed E-state index contributed by atoms with van der Waals surface area (Å²) in [7, 11) is -4.25. The maximum absolute atomic E-state index is 14.2. The summed E-state index contributed by atoms with van der Waals surface area (Å²) in [6, 6.07) is 9.83. The van der Waals surface area contributed by atoms with Gasteiger partial charge in [-0.3, -0.25) is 14.4 Å². The molecule has 0 saturated carbocycles. The van der Waals surface area contributed by atoms with E-state index in [1.54, 1.807) is 37.3 Å². The molecule has 0 aromatic heterocycles. The number of aliphatic carboxylic acids is 1. The van der Waals surface area contributed by atoms with Gasteiger partial charge in [0.2, 0.25) is 0 Å². The molecule has 2 aliphatic carbocycles. The summed E-state index contributed by atoms with van der Waals surface area (Å²) in [5, 5.41) is 9.66. The zero-order valence-electron chi connectivity index (χ0n) is 28.6. The molecule has 1 N–H and O–H groups in total. The van der Waals surface area contributed by atoms with Crippen molar-refractivity contribution < 1.29 is 36.8 Å². The second-order valence-corrected chi connectivity index (χ2v) is 16.2. The third-order valence-electron chi connectivity index (χ3n) is 9.23. The van der Waals surface area contributed by atoms with Gasteiger partial charge in [0.15, 0.2) is 23.1 Å². The van der Waals surface area contributed by atoms with Crippen LogP contribution in [0.2, 0.25) is 0 Å². The van der Waals surface area contributed by atoms with Gasteiger partial charge in [0.05, 0.1) is 13.0 Å². The number of hydrogen-bond acceptors (Lipinski definition) is 8. The van der Waals surface area contributed by atoms with Gasteiger partial charge in [-0.05, 0) is 67.7 Å². The van der Waals surface area contributed by atoms with Crippen molar-refractivity contribution in [3.05, 3.63) is 88.3 Å². The Morgan fingerprint density at radius 1 is 0.979 bits per heavy atom. The lowest BCUT2D eigenvalue weighted by Crippen LogP contribution is -2.45. The zero-order valence-corrected chi connectivity index (χ0v) is 29.5. The summed E-state index contributed by atoms with van der Waals surface area (Å²) in [5.41, 5.74) is 3.70. The van der Waals surface area contributed by atoms with E-state index >= 15 is 0 Å². The average molecular weight is 676 g/mol. The number of carboxylic acids is 1. The number of ketones is 2. The lowest BCUT2D eigenvalue weighted by Gasteiger charge is -2.49. The number of ether oxygens (including phenoxy) is 1. The Kier molecular flexibility index (Phi) is 9.54. The lowest BCUT2D eigenvalue weighted by molar-refractivity contribution is -0.137. The van der Waals surface area contributed by atoms with E-state index in [0.717, 1.165) is 17.0 Å². The van der Waals surface area contributed by atoms with E-state index in [9.17, 15) is 27.9 Å². The Morgan fingerprint density at radius 2 is 1.54 bits per heavy atom. The molecule has 0 atom stereocenters. The fraction of sp³-hybridized carbons (Fsp3) is 0.447. The number of allylic oxidation sites excluding steroid dienone is 5. The highest BCUT2D eigenvalue weighted by Crippen LogP contribution is 2.55. The van der Waals surface area contributed by atoms with E-state index in [-0.39, 0.29) is 77.6 Å². The Morgan fingerprint density at radius 3 is 2.04 bits per heavy atom. The number of aryl methyl sites for hydroxylation is 1. The van der Waals surface area contributed by atoms with Crippen LogP contribution in [-0.2, 0) is 30.9 Å². The smallest absolute Gasteiger partial charge is 0.339 e. The van der Waals surface area contributed by atoms with Crippen LogP contribution in [-0.4, -0.2) is 49.1 Å². The maximum Gasteiger partial charge on any atom is 0.339 e. The fourth-order valence-electron chi connectivity index (χ4n) is 7.24. The van der Waals surface area contributed by atoms with E-state index in [1.807, 2.05) is 39.5 Å². The standard InChI is InChI=1S/C38H45NO8S/c1-8-10-24-17-25(18-31(46-9-2)36(24)47-48(44,45)26-13-11-23(3)12-14-26)33-34-27(19-37(4,5)21-29(34)40)39(16-15-32(42)43)28-20-38(6,7)22-30(41)35(28)33/h8,11-14,17-18,33H,1,9-10,15-16,19-22H2,2-7H3,(H,42,43). The van der Waals surface area contributed by atoms with Gasteiger partial charge in [-0.2, -0.15) is 8.42 Å². The van der Waals surface area contributed by atoms with Gasteiger partial charge < -0.3 is 18.9 Å². The number of carbonyl (C=O) groups is 3. The maximum atomic E-state index is 14.2. The predicted molar refractivity (Wildman–Crippen MR) is 182 cm³/mol. The Balaban J connectivity index is 1.76. The van der Waals surface area contributed by atoms with Gasteiger partial charge in [0, 0.05) is 53.4 Å². The minimum Gasteiger partial charge on any atom is -0.490 e. The van der Waals surface area contributed by atoms with E-state index in [4.69, 9.17) is 8.92 Å². The predicted octanol–water partition coefficient (Wildman–Crippen LogP) is 7.05. The van der Waals surface area contributed by atoms with Gasteiger partial charge >= 0.3 is 16.1 Å². The minimum absolute atomic E-state index is 0.00617. The highest BCUT2D eigenvalue weighted by molar-refractivity contribution is 7.87. The van der Waals surface area contributed by atoms with Crippen LogP contribution in [0.25, 0.3) is 0 Å². The SMILES string of the molecule is C=CCc1cc(C2C3=C(CC(C)(C)CC3=O)N(CCC(=O)O)C3=C2C(=O)CC(C)(C)C3)cc(OCC)c1OS(=O)(=O)c1ccc(C)cc1. The van der Waals surface area contributed by atoms with Crippen molar-refractivity contribution in [1.82, 2.24) is 4.90 Å². The van der Waals surface area contributed by atoms with Gasteiger partial charge in [0.25, 0.3) is 0 Å². The van der Waals surface area contributed by atoms with Crippen molar-refractivity contribution in [2.24, 2.45) is 10.8 Å². The average Bonchev–Trinajstić information content (AvgIpc) is 2.96. The largest absolute Gasteiger partial charge is 0.490 e. The second-order valence-electron chi connectivity index (χ2n) is 14.6. The minimum atomic E-state index is -4.25. The first-order chi connectivity index (χ1) is 22.5. The molecule has 256 valence electrons. The molecule has 0 saturated heterocycles. The van der Waals surface area contributed by atoms with Crippen LogP contribution in [0.1, 0.15) is 89.3 Å². The monoisotopic (exact) mass is 675 g/mol. The number of Topliss-reactive ketones (excluding diaryl/α,β-unsaturated/α-hetero) is 2. The number of carboxylic acid groups (broad SMARTS) is 1. The first-order valence-corrected chi connectivity index (χ1v) is 17.8. The first kappa shape index (κ1) is 35.1. The zero-order chi connectivity index (χ0) is 35.2. The van der Waals surface area contributed by atoms with Crippen LogP contribution in [0.3, 0.4) is 0 Å². The van der Waals surface area contributed by atoms with Gasteiger partial charge in [-0.25, -0.2) is 0 Å². The van der Waals surface area contributed by atoms with Crippen molar-refractivity contribution in [2.75, 3.05) is 13.2 Å². The molecule has 48 heavy (non-hydrogen) atoms. The van der Waals surface area contributed by atoms with Crippen molar-refractivity contribution in [3.8, 4) is 11.5 Å². The highest BCUT2D eigenvalue weighted by atomic mass is 32.2. The second kappa shape index (κ2) is 13.0. The van der Waals surface area contributed by atoms with Crippen LogP contribution in [0, 0.1) is 17.8 Å². The van der Waals surface area contributed by atoms with Crippen LogP contribution in [0.5, 0.6) is 11.5 Å². The van der Waals surface area contributed by atoms with Crippen LogP contribution in [0.4, 0.5) is 0 Å². The molecule has 2 aromatic carbocycles. The molecule has 5 rings (SSSR count). The summed E-state index contributed by atoms with van der Waals surface area (Å²) in [4.78, 5) is 42.1. The Labute approximate surface area is 283 Å². The summed E-state index contributed by atoms with van der Waals surface area (Å²) in [6.07, 6.45) is 3.31. The third-order valence-corrected chi connectivity index (χ3v) is 10.5. The summed E-state index contributed by atoms with van der Waals surface area (Å²) in [6.45, 7) is 16.0. The summed E-state index contributed by atoms with van der Waals surface area (Å²) < 4.78 is 38.8. The summed E-state index contributed by atoms with van der Waals surface area (Å²) >= 11 is 0. The number of nitrogens with zero attached hydrogens (tertiary/aromatic N) is 1. The number of rotatable bonds is 11. The molecule has 0 spiro atoms. The Hall–Kier alpha value is -4.18. The van der Waals surface area contributed by atoms with Gasteiger partial charge in [-0.15, -0.1) is 6.58 Å². The Bertz CT molecular complexity index is 1790. The molecule has 3 aliphatic rings. The molecule has 0 unspecified atom stereocenters. The van der Waals surface area contributed by atoms with Gasteiger partial charge in [-0.1, -0.05) is 57.5 Å². The number of carbonyl (C=O) groups excluding carboxylic acids is 2. The molecule has 9 nitrogen and oxygen atoms in total. The molecule has 0 fully saturated rings. The molecule has 0 radical (unpaired) electrons. The van der Waals surface area contributed by atoms with Crippen molar-refractivity contribution in [2.45, 2.75) is 90.9 Å². The van der Waals surface area contributed by atoms with Crippen LogP contribution >= 0.6 is 0 Å². The number of hydrogen-bond donors (Lipinski definition) is 1. The molecular weight excluding hydrogens is 630 g/mol. The lowest BCUT2D eigenvalue weighted by atomic mass is 9.63. The van der Waals surface area contributed by atoms with Crippen molar-refractivity contribution in [1.29, 1.82) is 0 Å². The third kappa shape index (κ3) is 6.99. The highest BCUT2D eigenvalue weighted by Gasteiger charge is 2.49.